The van der Waals surface area contributed by atoms with Crippen molar-refractivity contribution >= 4 is 31.5 Å². The maximum atomic E-state index is 13.5. The molecule has 1 aromatic heterocycles. The second kappa shape index (κ2) is 4.15. The molecular formula is C14H10F5NOS2. The van der Waals surface area contributed by atoms with E-state index in [1.165, 1.54) is 12.1 Å². The number of aromatic nitrogens is 1. The fourth-order valence-corrected chi connectivity index (χ4v) is 3.90. The quantitative estimate of drug-likeness (QED) is 0.541. The van der Waals surface area contributed by atoms with Crippen LogP contribution in [0.5, 0.6) is 0 Å². The zero-order chi connectivity index (χ0) is 17.1. The average molecular weight is 367 g/mol. The van der Waals surface area contributed by atoms with Gasteiger partial charge >= 0.3 is 0 Å². The number of hydrogen-bond acceptors (Lipinski definition) is 2. The molecular weight excluding hydrogens is 357 g/mol. The van der Waals surface area contributed by atoms with Gasteiger partial charge in [-0.1, -0.05) is 17.6 Å². The van der Waals surface area contributed by atoms with Crippen molar-refractivity contribution in [1.82, 2.24) is 3.96 Å². The van der Waals surface area contributed by atoms with E-state index in [2.05, 4.69) is 0 Å². The summed E-state index contributed by atoms with van der Waals surface area (Å²) in [6.45, 7) is 0. The summed E-state index contributed by atoms with van der Waals surface area (Å²) in [5.74, 6) is -0.620. The van der Waals surface area contributed by atoms with Crippen LogP contribution in [-0.4, -0.2) is 10.2 Å². The first kappa shape index (κ1) is 16.0. The van der Waals surface area contributed by atoms with Crippen LogP contribution in [0.4, 0.5) is 19.9 Å². The predicted octanol–water partition coefficient (Wildman–Crippen LogP) is 5.59. The molecule has 0 unspecified atom stereocenters. The normalized spacial score (nSPS) is 15.4. The molecule has 0 spiro atoms. The van der Waals surface area contributed by atoms with E-state index in [0.717, 1.165) is 33.7 Å². The van der Waals surface area contributed by atoms with Crippen LogP contribution < -0.4 is 5.56 Å². The molecule has 0 radical (unpaired) electrons. The van der Waals surface area contributed by atoms with Crippen LogP contribution in [-0.2, 0) is 0 Å². The lowest BCUT2D eigenvalue weighted by Crippen LogP contribution is -2.14. The van der Waals surface area contributed by atoms with Gasteiger partial charge in [0.15, 0.2) is 9.84 Å². The monoisotopic (exact) mass is 367 g/mol. The fraction of sp³-hybridized carbons (Fsp3) is 0.0714. The topological polar surface area (TPSA) is 22.0 Å². The Hall–Kier alpha value is -1.87. The Labute approximate surface area is 131 Å². The Morgan fingerprint density at radius 2 is 1.74 bits per heavy atom. The van der Waals surface area contributed by atoms with E-state index in [4.69, 9.17) is 0 Å². The molecule has 0 saturated carbocycles. The summed E-state index contributed by atoms with van der Waals surface area (Å²) in [6, 6.07) is 7.05. The van der Waals surface area contributed by atoms with Crippen molar-refractivity contribution < 1.29 is 19.9 Å². The van der Waals surface area contributed by atoms with Gasteiger partial charge in [-0.15, -0.1) is 15.5 Å². The van der Waals surface area contributed by atoms with Gasteiger partial charge in [0.1, 0.15) is 5.82 Å². The molecule has 0 bridgehead atoms. The summed E-state index contributed by atoms with van der Waals surface area (Å²) in [5, 5.41) is 0.0593. The molecule has 3 aromatic rings. The highest BCUT2D eigenvalue weighted by Crippen LogP contribution is 2.98. The Bertz CT molecular complexity index is 989. The van der Waals surface area contributed by atoms with Crippen LogP contribution in [0.25, 0.3) is 15.8 Å². The lowest BCUT2D eigenvalue weighted by molar-refractivity contribution is 0.457. The number of halogens is 5. The molecule has 0 fully saturated rings. The van der Waals surface area contributed by atoms with Gasteiger partial charge in [0, 0.05) is 0 Å². The van der Waals surface area contributed by atoms with Crippen LogP contribution in [0.1, 0.15) is 0 Å². The van der Waals surface area contributed by atoms with Gasteiger partial charge in [-0.2, -0.15) is 0 Å². The SMILES string of the molecule is CS(F)(F)(F)(F)c1cccc(-n2sc3ccc(F)cc3c2=O)c1. The molecule has 0 aliphatic carbocycles. The first-order valence-electron chi connectivity index (χ1n) is 6.27. The third kappa shape index (κ3) is 2.98. The molecule has 0 aliphatic heterocycles. The molecule has 124 valence electrons. The largest absolute Gasteiger partial charge is 0.273 e. The molecule has 9 heteroatoms. The zero-order valence-electron chi connectivity index (χ0n) is 11.6. The Morgan fingerprint density at radius 3 is 2.39 bits per heavy atom. The third-order valence-electron chi connectivity index (χ3n) is 3.19. The number of hydrogen-bond donors (Lipinski definition) is 0. The summed E-state index contributed by atoms with van der Waals surface area (Å²) < 4.78 is 68.8. The molecule has 0 N–H and O–H groups in total. The third-order valence-corrected chi connectivity index (χ3v) is 5.74. The zero-order valence-corrected chi connectivity index (χ0v) is 13.2. The van der Waals surface area contributed by atoms with E-state index < -0.39 is 26.1 Å². The van der Waals surface area contributed by atoms with Crippen LogP contribution in [0.15, 0.2) is 52.2 Å². The number of rotatable bonds is 2. The molecule has 3 rings (SSSR count). The number of nitrogens with zero attached hydrogens (tertiary/aromatic N) is 1. The van der Waals surface area contributed by atoms with Crippen molar-refractivity contribution in [2.45, 2.75) is 4.90 Å². The minimum absolute atomic E-state index is 0.0593. The van der Waals surface area contributed by atoms with Crippen molar-refractivity contribution in [3.8, 4) is 5.69 Å². The van der Waals surface area contributed by atoms with Gasteiger partial charge in [0.2, 0.25) is 0 Å². The molecule has 0 amide bonds. The lowest BCUT2D eigenvalue weighted by atomic mass is 10.2. The molecule has 0 saturated heterocycles. The van der Waals surface area contributed by atoms with Crippen LogP contribution in [0, 0.1) is 5.82 Å². The maximum Gasteiger partial charge on any atom is 0.273 e. The van der Waals surface area contributed by atoms with E-state index >= 15 is 0 Å². The Kier molecular flexibility index (Phi) is 2.89. The Balaban J connectivity index is 2.26. The highest BCUT2D eigenvalue weighted by molar-refractivity contribution is 8.49. The summed E-state index contributed by atoms with van der Waals surface area (Å²) in [4.78, 5) is 10.8. The lowest BCUT2D eigenvalue weighted by Gasteiger charge is -2.46. The first-order valence-corrected chi connectivity index (χ1v) is 9.50. The van der Waals surface area contributed by atoms with Crippen molar-refractivity contribution in [1.29, 1.82) is 0 Å². The molecule has 2 aromatic carbocycles. The van der Waals surface area contributed by atoms with Crippen LogP contribution in [0.3, 0.4) is 0 Å². The second-order valence-corrected chi connectivity index (χ2v) is 9.73. The summed E-state index contributed by atoms with van der Waals surface area (Å²) in [5.41, 5.74) is -0.771. The average Bonchev–Trinajstić information content (AvgIpc) is 2.74. The van der Waals surface area contributed by atoms with E-state index in [-0.39, 0.29) is 17.3 Å². The Morgan fingerprint density at radius 1 is 1.04 bits per heavy atom. The van der Waals surface area contributed by atoms with Gasteiger partial charge in [-0.25, -0.2) is 8.35 Å². The maximum absolute atomic E-state index is 13.5. The standard InChI is InChI=1S/C14H10F5NOS2/c1-23(16,17,18,19)11-4-2-3-10(8-11)20-14(21)12-7-9(15)5-6-13(12)22-20/h2-8H,1H3. The van der Waals surface area contributed by atoms with Gasteiger partial charge in [0.05, 0.1) is 26.9 Å². The van der Waals surface area contributed by atoms with Gasteiger partial charge < -0.3 is 0 Å². The molecule has 0 aliphatic rings. The van der Waals surface area contributed by atoms with Gasteiger partial charge in [-0.05, 0) is 36.4 Å². The molecule has 0 atom stereocenters. The second-order valence-electron chi connectivity index (χ2n) is 5.31. The molecule has 23 heavy (non-hydrogen) atoms. The number of fused-ring (bicyclic) bond motifs is 1. The minimum Gasteiger partial charge on any atom is -0.267 e. The minimum atomic E-state index is -8.35. The van der Waals surface area contributed by atoms with E-state index in [0.29, 0.717) is 16.8 Å². The van der Waals surface area contributed by atoms with Crippen LogP contribution in [0.2, 0.25) is 0 Å². The predicted molar refractivity (Wildman–Crippen MR) is 83.6 cm³/mol. The van der Waals surface area contributed by atoms with E-state index in [1.807, 2.05) is 0 Å². The van der Waals surface area contributed by atoms with Crippen molar-refractivity contribution in [3.63, 3.8) is 0 Å². The summed E-state index contributed by atoms with van der Waals surface area (Å²) >= 11 is 0.864. The van der Waals surface area contributed by atoms with E-state index in [9.17, 15) is 24.7 Å². The van der Waals surface area contributed by atoms with Gasteiger partial charge in [0.25, 0.3) is 5.56 Å². The molecule has 1 heterocycles. The first-order chi connectivity index (χ1) is 10.3. The highest BCUT2D eigenvalue weighted by Gasteiger charge is 2.59. The summed E-state index contributed by atoms with van der Waals surface area (Å²) in [7, 11) is -8.35. The summed E-state index contributed by atoms with van der Waals surface area (Å²) in [6.07, 6.45) is -0.373. The fourth-order valence-electron chi connectivity index (χ4n) is 2.10. The highest BCUT2D eigenvalue weighted by atomic mass is 32.5. The van der Waals surface area contributed by atoms with Crippen molar-refractivity contribution in [2.24, 2.45) is 0 Å². The van der Waals surface area contributed by atoms with Crippen molar-refractivity contribution in [2.75, 3.05) is 6.26 Å². The van der Waals surface area contributed by atoms with Crippen molar-refractivity contribution in [3.05, 3.63) is 58.6 Å². The van der Waals surface area contributed by atoms with Gasteiger partial charge in [-0.3, -0.25) is 4.79 Å². The van der Waals surface area contributed by atoms with Crippen LogP contribution >= 0.6 is 21.4 Å². The smallest absolute Gasteiger partial charge is 0.267 e. The molecule has 2 nitrogen and oxygen atoms in total. The number of benzene rings is 2. The van der Waals surface area contributed by atoms with E-state index in [1.54, 1.807) is 0 Å².